The molecule has 2 aliphatic heterocycles. The number of nitrogens with zero attached hydrogens (tertiary/aromatic N) is 1. The Morgan fingerprint density at radius 2 is 2.00 bits per heavy atom. The van der Waals surface area contributed by atoms with E-state index in [9.17, 15) is 9.59 Å². The van der Waals surface area contributed by atoms with E-state index in [0.29, 0.717) is 39.1 Å². The number of carbonyl (C=O) groups is 2. The molecule has 0 radical (unpaired) electrons. The molecule has 0 aliphatic carbocycles. The van der Waals surface area contributed by atoms with Gasteiger partial charge in [-0.25, -0.2) is 0 Å². The van der Waals surface area contributed by atoms with Crippen molar-refractivity contribution in [3.05, 3.63) is 0 Å². The summed E-state index contributed by atoms with van der Waals surface area (Å²) in [6, 6.07) is 0.122. The van der Waals surface area contributed by atoms with E-state index in [1.54, 1.807) is 0 Å². The Labute approximate surface area is 120 Å². The van der Waals surface area contributed by atoms with Crippen LogP contribution in [0.5, 0.6) is 0 Å². The molecule has 6 heteroatoms. The lowest BCUT2D eigenvalue weighted by molar-refractivity contribution is -0.139. The first-order valence-electron chi connectivity index (χ1n) is 7.52. The normalized spacial score (nSPS) is 27.8. The number of nitrogens with one attached hydrogen (secondary N) is 1. The van der Waals surface area contributed by atoms with Gasteiger partial charge in [0.05, 0.1) is 19.1 Å². The number of amides is 2. The second-order valence-electron chi connectivity index (χ2n) is 5.71. The van der Waals surface area contributed by atoms with Crippen LogP contribution in [0.15, 0.2) is 0 Å². The summed E-state index contributed by atoms with van der Waals surface area (Å²) in [4.78, 5) is 25.5. The number of hydrogen-bond donors (Lipinski definition) is 2. The van der Waals surface area contributed by atoms with Crippen LogP contribution in [0.25, 0.3) is 0 Å². The van der Waals surface area contributed by atoms with E-state index in [2.05, 4.69) is 12.2 Å². The van der Waals surface area contributed by atoms with E-state index < -0.39 is 0 Å². The number of carbonyl (C=O) groups excluding carboxylic acids is 2. The molecule has 6 nitrogen and oxygen atoms in total. The first-order chi connectivity index (χ1) is 9.63. The number of rotatable bonds is 5. The third-order valence-corrected chi connectivity index (χ3v) is 4.26. The second kappa shape index (κ2) is 7.04. The van der Waals surface area contributed by atoms with Gasteiger partial charge in [-0.3, -0.25) is 9.59 Å². The van der Waals surface area contributed by atoms with Crippen LogP contribution in [0.1, 0.15) is 26.2 Å². The molecule has 2 fully saturated rings. The van der Waals surface area contributed by atoms with Gasteiger partial charge in [-0.1, -0.05) is 6.92 Å². The molecule has 3 N–H and O–H groups in total. The van der Waals surface area contributed by atoms with Crippen molar-refractivity contribution in [3.63, 3.8) is 0 Å². The Morgan fingerprint density at radius 3 is 2.60 bits per heavy atom. The highest BCUT2D eigenvalue weighted by Gasteiger charge is 2.37. The minimum absolute atomic E-state index is 0.0760. The van der Waals surface area contributed by atoms with Crippen LogP contribution in [-0.2, 0) is 14.3 Å². The van der Waals surface area contributed by atoms with Gasteiger partial charge in [0.2, 0.25) is 11.8 Å². The van der Waals surface area contributed by atoms with E-state index in [4.69, 9.17) is 10.5 Å². The van der Waals surface area contributed by atoms with Gasteiger partial charge in [0.1, 0.15) is 0 Å². The molecule has 0 aromatic rings. The summed E-state index contributed by atoms with van der Waals surface area (Å²) in [5, 5.41) is 3.38. The Morgan fingerprint density at radius 1 is 1.30 bits per heavy atom. The summed E-state index contributed by atoms with van der Waals surface area (Å²) in [6.45, 7) is 5.37. The largest absolute Gasteiger partial charge is 0.379 e. The molecule has 2 amide bonds. The minimum Gasteiger partial charge on any atom is -0.379 e. The third kappa shape index (κ3) is 3.49. The van der Waals surface area contributed by atoms with Gasteiger partial charge in [0.25, 0.3) is 0 Å². The van der Waals surface area contributed by atoms with Gasteiger partial charge in [0.15, 0.2) is 0 Å². The molecule has 2 unspecified atom stereocenters. The summed E-state index contributed by atoms with van der Waals surface area (Å²) >= 11 is 0. The van der Waals surface area contributed by atoms with Crippen LogP contribution in [0.4, 0.5) is 0 Å². The molecule has 0 spiro atoms. The maximum Gasteiger partial charge on any atom is 0.229 e. The molecular formula is C14H25N3O3. The van der Waals surface area contributed by atoms with Crippen molar-refractivity contribution >= 4 is 11.8 Å². The van der Waals surface area contributed by atoms with E-state index in [1.165, 1.54) is 0 Å². The van der Waals surface area contributed by atoms with E-state index in [1.807, 2.05) is 4.90 Å². The fourth-order valence-corrected chi connectivity index (χ4v) is 2.95. The first-order valence-corrected chi connectivity index (χ1v) is 7.52. The topological polar surface area (TPSA) is 84.7 Å². The average Bonchev–Trinajstić information content (AvgIpc) is 2.92. The summed E-state index contributed by atoms with van der Waals surface area (Å²) in [6.07, 6.45) is 2.41. The molecule has 0 bridgehead atoms. The van der Waals surface area contributed by atoms with E-state index in [-0.39, 0.29) is 29.7 Å². The summed E-state index contributed by atoms with van der Waals surface area (Å²) in [5.41, 5.74) is 5.32. The molecule has 20 heavy (non-hydrogen) atoms. The molecule has 2 saturated heterocycles. The zero-order valence-corrected chi connectivity index (χ0v) is 12.1. The fourth-order valence-electron chi connectivity index (χ4n) is 2.95. The zero-order valence-electron chi connectivity index (χ0n) is 12.1. The van der Waals surface area contributed by atoms with Crippen LogP contribution in [0.2, 0.25) is 0 Å². The number of hydrogen-bond acceptors (Lipinski definition) is 4. The quantitative estimate of drug-likeness (QED) is 0.727. The number of likely N-dealkylation sites (tertiary alicyclic amines) is 1. The Hall–Kier alpha value is -1.14. The third-order valence-electron chi connectivity index (χ3n) is 4.26. The Bertz CT molecular complexity index is 354. The van der Waals surface area contributed by atoms with E-state index >= 15 is 0 Å². The van der Waals surface area contributed by atoms with Crippen molar-refractivity contribution in [1.82, 2.24) is 10.2 Å². The molecular weight excluding hydrogens is 258 g/mol. The number of ether oxygens (including phenoxy) is 1. The SMILES string of the molecule is CCCNC1COCC1C(=O)N1CCC(C(N)=O)CC1. The average molecular weight is 283 g/mol. The van der Waals surface area contributed by atoms with Crippen LogP contribution in [0.3, 0.4) is 0 Å². The predicted octanol–water partition coefficient (Wildman–Crippen LogP) is -0.275. The highest BCUT2D eigenvalue weighted by molar-refractivity contribution is 5.81. The molecule has 2 aliphatic rings. The lowest BCUT2D eigenvalue weighted by atomic mass is 9.94. The molecule has 2 heterocycles. The molecule has 0 saturated carbocycles. The molecule has 2 atom stereocenters. The number of piperidine rings is 1. The van der Waals surface area contributed by atoms with Crippen LogP contribution < -0.4 is 11.1 Å². The smallest absolute Gasteiger partial charge is 0.229 e. The van der Waals surface area contributed by atoms with Crippen molar-refractivity contribution in [2.24, 2.45) is 17.6 Å². The standard InChI is InChI=1S/C14H25N3O3/c1-2-5-16-12-9-20-8-11(12)14(19)17-6-3-10(4-7-17)13(15)18/h10-12,16H,2-9H2,1H3,(H2,15,18). The van der Waals surface area contributed by atoms with Crippen LogP contribution in [0, 0.1) is 11.8 Å². The van der Waals surface area contributed by atoms with Crippen molar-refractivity contribution in [1.29, 1.82) is 0 Å². The monoisotopic (exact) mass is 283 g/mol. The van der Waals surface area contributed by atoms with Crippen LogP contribution >= 0.6 is 0 Å². The van der Waals surface area contributed by atoms with Crippen molar-refractivity contribution in [3.8, 4) is 0 Å². The minimum atomic E-state index is -0.246. The molecule has 114 valence electrons. The zero-order chi connectivity index (χ0) is 14.5. The van der Waals surface area contributed by atoms with Gasteiger partial charge < -0.3 is 20.7 Å². The summed E-state index contributed by atoms with van der Waals surface area (Å²) in [7, 11) is 0. The second-order valence-corrected chi connectivity index (χ2v) is 5.71. The predicted molar refractivity (Wildman–Crippen MR) is 74.9 cm³/mol. The maximum absolute atomic E-state index is 12.5. The first kappa shape index (κ1) is 15.3. The maximum atomic E-state index is 12.5. The van der Waals surface area contributed by atoms with Crippen molar-refractivity contribution < 1.29 is 14.3 Å². The van der Waals surface area contributed by atoms with Gasteiger partial charge >= 0.3 is 0 Å². The lowest BCUT2D eigenvalue weighted by Crippen LogP contribution is -2.49. The molecule has 2 rings (SSSR count). The van der Waals surface area contributed by atoms with Gasteiger partial charge in [-0.2, -0.15) is 0 Å². The summed E-state index contributed by atoms with van der Waals surface area (Å²) < 4.78 is 5.45. The number of primary amides is 1. The molecule has 0 aromatic carbocycles. The van der Waals surface area contributed by atoms with Gasteiger partial charge in [-0.05, 0) is 25.8 Å². The Balaban J connectivity index is 1.86. The fraction of sp³-hybridized carbons (Fsp3) is 0.857. The van der Waals surface area contributed by atoms with Crippen molar-refractivity contribution in [2.45, 2.75) is 32.2 Å². The van der Waals surface area contributed by atoms with Crippen molar-refractivity contribution in [2.75, 3.05) is 32.8 Å². The van der Waals surface area contributed by atoms with Gasteiger partial charge in [0, 0.05) is 25.0 Å². The molecule has 0 aromatic heterocycles. The lowest BCUT2D eigenvalue weighted by Gasteiger charge is -2.33. The Kier molecular flexibility index (Phi) is 5.37. The summed E-state index contributed by atoms with van der Waals surface area (Å²) in [5.74, 6) is -0.262. The van der Waals surface area contributed by atoms with Crippen LogP contribution in [-0.4, -0.2) is 55.6 Å². The number of nitrogens with two attached hydrogens (primary N) is 1. The highest BCUT2D eigenvalue weighted by Crippen LogP contribution is 2.22. The van der Waals surface area contributed by atoms with Gasteiger partial charge in [-0.15, -0.1) is 0 Å². The highest BCUT2D eigenvalue weighted by atomic mass is 16.5. The van der Waals surface area contributed by atoms with E-state index in [0.717, 1.165) is 13.0 Å².